The van der Waals surface area contributed by atoms with Crippen LogP contribution >= 0.6 is 23.1 Å². The van der Waals surface area contributed by atoms with Crippen LogP contribution in [0.4, 0.5) is 5.69 Å². The lowest BCUT2D eigenvalue weighted by Gasteiger charge is -2.27. The number of aromatic nitrogens is 2. The summed E-state index contributed by atoms with van der Waals surface area (Å²) in [5, 5.41) is 8.83. The Morgan fingerprint density at radius 1 is 1.19 bits per heavy atom. The molecule has 1 unspecified atom stereocenters. The SMILES string of the molecule is Cn1ccnc1SCC(=O)Nc1ccc(C(=O)NCC(c2cccs2)N2CCCC2)cc1. The van der Waals surface area contributed by atoms with Gasteiger partial charge in [-0.15, -0.1) is 11.3 Å². The van der Waals surface area contributed by atoms with E-state index in [-0.39, 0.29) is 23.6 Å². The van der Waals surface area contributed by atoms with Crippen LogP contribution in [0.3, 0.4) is 0 Å². The summed E-state index contributed by atoms with van der Waals surface area (Å²) < 4.78 is 1.87. The topological polar surface area (TPSA) is 79.3 Å². The maximum absolute atomic E-state index is 12.7. The highest BCUT2D eigenvalue weighted by Gasteiger charge is 2.24. The van der Waals surface area contributed by atoms with Gasteiger partial charge in [-0.25, -0.2) is 4.98 Å². The Bertz CT molecular complexity index is 1030. The predicted octanol–water partition coefficient (Wildman–Crippen LogP) is 3.78. The van der Waals surface area contributed by atoms with Gasteiger partial charge in [0.2, 0.25) is 5.91 Å². The van der Waals surface area contributed by atoms with Gasteiger partial charge in [-0.1, -0.05) is 17.8 Å². The molecule has 0 bridgehead atoms. The molecule has 3 aromatic rings. The Labute approximate surface area is 196 Å². The third kappa shape index (κ3) is 5.79. The van der Waals surface area contributed by atoms with E-state index >= 15 is 0 Å². The predicted molar refractivity (Wildman–Crippen MR) is 129 cm³/mol. The first-order valence-electron chi connectivity index (χ1n) is 10.7. The van der Waals surface area contributed by atoms with Gasteiger partial charge in [0.25, 0.3) is 5.91 Å². The Morgan fingerprint density at radius 3 is 2.62 bits per heavy atom. The molecule has 0 spiro atoms. The lowest BCUT2D eigenvalue weighted by molar-refractivity contribution is -0.113. The molecule has 9 heteroatoms. The first kappa shape index (κ1) is 22.6. The van der Waals surface area contributed by atoms with Crippen LogP contribution in [0.2, 0.25) is 0 Å². The second kappa shape index (κ2) is 10.8. The van der Waals surface area contributed by atoms with Gasteiger partial charge in [-0.05, 0) is 61.6 Å². The molecule has 2 amide bonds. The van der Waals surface area contributed by atoms with Gasteiger partial charge in [0.15, 0.2) is 5.16 Å². The van der Waals surface area contributed by atoms with Crippen LogP contribution in [0.5, 0.6) is 0 Å². The molecule has 7 nitrogen and oxygen atoms in total. The standard InChI is InChI=1S/C23H27N5O2S2/c1-27-13-10-24-23(27)32-16-21(29)26-18-8-6-17(7-9-18)22(30)25-15-19(20-5-4-14-31-20)28-11-2-3-12-28/h4-10,13-14,19H,2-3,11-12,15-16H2,1H3,(H,25,30)(H,26,29). The Morgan fingerprint density at radius 2 is 1.97 bits per heavy atom. The molecule has 168 valence electrons. The molecule has 1 aromatic carbocycles. The van der Waals surface area contributed by atoms with E-state index in [1.54, 1.807) is 41.8 Å². The molecule has 0 radical (unpaired) electrons. The molecule has 2 aromatic heterocycles. The normalized spacial score (nSPS) is 14.9. The second-order valence-electron chi connectivity index (χ2n) is 7.72. The smallest absolute Gasteiger partial charge is 0.251 e. The quantitative estimate of drug-likeness (QED) is 0.466. The number of aryl methyl sites for hydroxylation is 1. The van der Waals surface area contributed by atoms with Crippen molar-refractivity contribution in [2.45, 2.75) is 24.0 Å². The molecule has 1 fully saturated rings. The highest BCUT2D eigenvalue weighted by molar-refractivity contribution is 7.99. The van der Waals surface area contributed by atoms with E-state index in [0.29, 0.717) is 17.8 Å². The molecule has 0 aliphatic carbocycles. The Balaban J connectivity index is 1.28. The number of hydrogen-bond donors (Lipinski definition) is 2. The van der Waals surface area contributed by atoms with E-state index in [1.807, 2.05) is 17.8 Å². The molecular weight excluding hydrogens is 442 g/mol. The number of hydrogen-bond acceptors (Lipinski definition) is 6. The fourth-order valence-electron chi connectivity index (χ4n) is 3.76. The molecule has 4 rings (SSSR count). The van der Waals surface area contributed by atoms with Gasteiger partial charge < -0.3 is 15.2 Å². The van der Waals surface area contributed by atoms with Crippen molar-refractivity contribution in [2.75, 3.05) is 30.7 Å². The first-order valence-corrected chi connectivity index (χ1v) is 12.5. The van der Waals surface area contributed by atoms with Crippen molar-refractivity contribution in [3.63, 3.8) is 0 Å². The fourth-order valence-corrected chi connectivity index (χ4v) is 5.35. The number of nitrogens with zero attached hydrogens (tertiary/aromatic N) is 3. The monoisotopic (exact) mass is 469 g/mol. The van der Waals surface area contributed by atoms with Crippen molar-refractivity contribution >= 4 is 40.6 Å². The Kier molecular flexibility index (Phi) is 7.62. The number of imidazole rings is 1. The van der Waals surface area contributed by atoms with E-state index in [9.17, 15) is 9.59 Å². The molecule has 32 heavy (non-hydrogen) atoms. The number of rotatable bonds is 9. The lowest BCUT2D eigenvalue weighted by Crippen LogP contribution is -2.36. The maximum atomic E-state index is 12.7. The van der Waals surface area contributed by atoms with Crippen LogP contribution in [0.15, 0.2) is 59.3 Å². The summed E-state index contributed by atoms with van der Waals surface area (Å²) in [6.07, 6.45) is 5.97. The zero-order valence-electron chi connectivity index (χ0n) is 18.0. The van der Waals surface area contributed by atoms with E-state index in [2.05, 4.69) is 38.0 Å². The van der Waals surface area contributed by atoms with Gasteiger partial charge in [-0.2, -0.15) is 0 Å². The van der Waals surface area contributed by atoms with Crippen molar-refractivity contribution in [3.05, 3.63) is 64.6 Å². The average Bonchev–Trinajstić information content (AvgIpc) is 3.57. The molecule has 1 aliphatic heterocycles. The number of likely N-dealkylation sites (tertiary alicyclic amines) is 1. The first-order chi connectivity index (χ1) is 15.6. The summed E-state index contributed by atoms with van der Waals surface area (Å²) in [7, 11) is 1.89. The third-order valence-corrected chi connectivity index (χ3v) is 7.48. The number of carbonyl (C=O) groups is 2. The summed E-state index contributed by atoms with van der Waals surface area (Å²) >= 11 is 3.12. The van der Waals surface area contributed by atoms with Crippen LogP contribution in [-0.4, -0.2) is 51.7 Å². The van der Waals surface area contributed by atoms with Gasteiger partial charge in [0.05, 0.1) is 11.8 Å². The van der Waals surface area contributed by atoms with E-state index in [0.717, 1.165) is 18.2 Å². The van der Waals surface area contributed by atoms with Crippen molar-refractivity contribution in [1.82, 2.24) is 19.8 Å². The fraction of sp³-hybridized carbons (Fsp3) is 0.348. The number of amides is 2. The summed E-state index contributed by atoms with van der Waals surface area (Å²) in [5.41, 5.74) is 1.25. The zero-order chi connectivity index (χ0) is 22.3. The van der Waals surface area contributed by atoms with E-state index in [4.69, 9.17) is 0 Å². The van der Waals surface area contributed by atoms with Gasteiger partial charge >= 0.3 is 0 Å². The van der Waals surface area contributed by atoms with E-state index in [1.165, 1.54) is 29.5 Å². The largest absolute Gasteiger partial charge is 0.350 e. The third-order valence-electron chi connectivity index (χ3n) is 5.45. The molecule has 1 saturated heterocycles. The van der Waals surface area contributed by atoms with Crippen LogP contribution in [0.25, 0.3) is 0 Å². The van der Waals surface area contributed by atoms with Crippen molar-refractivity contribution in [2.24, 2.45) is 7.05 Å². The maximum Gasteiger partial charge on any atom is 0.251 e. The molecule has 1 atom stereocenters. The van der Waals surface area contributed by atoms with Crippen LogP contribution in [0.1, 0.15) is 34.1 Å². The summed E-state index contributed by atoms with van der Waals surface area (Å²) in [4.78, 5) is 32.8. The molecule has 0 saturated carbocycles. The minimum atomic E-state index is -0.111. The second-order valence-corrected chi connectivity index (χ2v) is 9.64. The van der Waals surface area contributed by atoms with Crippen LogP contribution < -0.4 is 10.6 Å². The minimum absolute atomic E-state index is 0.103. The number of thiophene rings is 1. The summed E-state index contributed by atoms with van der Waals surface area (Å²) in [6, 6.07) is 11.4. The number of anilines is 1. The molecular formula is C23H27N5O2S2. The van der Waals surface area contributed by atoms with Crippen molar-refractivity contribution in [1.29, 1.82) is 0 Å². The highest BCUT2D eigenvalue weighted by atomic mass is 32.2. The summed E-state index contributed by atoms with van der Waals surface area (Å²) in [5.74, 6) is 0.0572. The van der Waals surface area contributed by atoms with Crippen LogP contribution in [0, 0.1) is 0 Å². The zero-order valence-corrected chi connectivity index (χ0v) is 19.6. The number of nitrogens with one attached hydrogen (secondary N) is 2. The summed E-state index contributed by atoms with van der Waals surface area (Å²) in [6.45, 7) is 2.73. The molecule has 1 aliphatic rings. The van der Waals surface area contributed by atoms with Crippen molar-refractivity contribution in [3.8, 4) is 0 Å². The minimum Gasteiger partial charge on any atom is -0.350 e. The Hall–Kier alpha value is -2.62. The van der Waals surface area contributed by atoms with Gasteiger partial charge in [0, 0.05) is 42.1 Å². The number of carbonyl (C=O) groups excluding carboxylic acids is 2. The number of thioether (sulfide) groups is 1. The van der Waals surface area contributed by atoms with E-state index < -0.39 is 0 Å². The number of benzene rings is 1. The van der Waals surface area contributed by atoms with Crippen LogP contribution in [-0.2, 0) is 11.8 Å². The average molecular weight is 470 g/mol. The van der Waals surface area contributed by atoms with Gasteiger partial charge in [0.1, 0.15) is 0 Å². The lowest BCUT2D eigenvalue weighted by atomic mass is 10.1. The van der Waals surface area contributed by atoms with Crippen molar-refractivity contribution < 1.29 is 9.59 Å². The molecule has 2 N–H and O–H groups in total. The highest BCUT2D eigenvalue weighted by Crippen LogP contribution is 2.28. The van der Waals surface area contributed by atoms with Gasteiger partial charge in [-0.3, -0.25) is 14.5 Å². The molecule has 3 heterocycles.